The molecule has 1 heterocycles. The van der Waals surface area contributed by atoms with Crippen molar-refractivity contribution < 1.29 is 13.6 Å². The van der Waals surface area contributed by atoms with Gasteiger partial charge in [-0.25, -0.2) is 13.5 Å². The zero-order valence-corrected chi connectivity index (χ0v) is 12.7. The molecule has 1 atom stereocenters. The van der Waals surface area contributed by atoms with Gasteiger partial charge >= 0.3 is 0 Å². The minimum atomic E-state index is -0.319. The largest absolute Gasteiger partial charge is 0.294 e. The van der Waals surface area contributed by atoms with Crippen molar-refractivity contribution in [3.8, 4) is 5.69 Å². The highest BCUT2D eigenvalue weighted by Gasteiger charge is 2.30. The van der Waals surface area contributed by atoms with Crippen molar-refractivity contribution in [2.75, 3.05) is 0 Å². The highest BCUT2D eigenvalue weighted by molar-refractivity contribution is 5.98. The molecule has 0 saturated heterocycles. The lowest BCUT2D eigenvalue weighted by Crippen LogP contribution is -2.20. The van der Waals surface area contributed by atoms with Crippen LogP contribution in [0.15, 0.2) is 54.7 Å². The van der Waals surface area contributed by atoms with Gasteiger partial charge in [0.25, 0.3) is 0 Å². The highest BCUT2D eigenvalue weighted by atomic mass is 19.1. The van der Waals surface area contributed by atoms with Gasteiger partial charge in [0.05, 0.1) is 23.1 Å². The molecule has 0 spiro atoms. The molecule has 5 heteroatoms. The van der Waals surface area contributed by atoms with Crippen LogP contribution in [0.5, 0.6) is 0 Å². The fourth-order valence-electron chi connectivity index (χ4n) is 3.22. The predicted octanol–water partition coefficient (Wildman–Crippen LogP) is 4.06. The van der Waals surface area contributed by atoms with E-state index in [0.717, 1.165) is 11.3 Å². The van der Waals surface area contributed by atoms with E-state index in [1.807, 2.05) is 0 Å². The predicted molar refractivity (Wildman–Crippen MR) is 85.3 cm³/mol. The standard InChI is InChI=1S/C19H14F2N2O/c20-14-3-1-12(2-4-14)13-9-18-17(19(24)10-13)11-22-23(18)16-7-5-15(21)6-8-16/h1-8,11,13H,9-10H2/t13-/m1/s1. The van der Waals surface area contributed by atoms with E-state index in [-0.39, 0.29) is 23.3 Å². The molecule has 0 bridgehead atoms. The average molecular weight is 324 g/mol. The molecule has 3 aromatic rings. The fourth-order valence-corrected chi connectivity index (χ4v) is 3.22. The molecule has 4 rings (SSSR count). The Hall–Kier alpha value is -2.82. The van der Waals surface area contributed by atoms with Gasteiger partial charge in [0.15, 0.2) is 5.78 Å². The molecule has 1 aliphatic rings. The second-order valence-electron chi connectivity index (χ2n) is 5.97. The SMILES string of the molecule is O=C1C[C@H](c2ccc(F)cc2)Cc2c1cnn2-c1ccc(F)cc1. The minimum absolute atomic E-state index is 0.0125. The molecular formula is C19H14F2N2O. The molecule has 2 aromatic carbocycles. The van der Waals surface area contributed by atoms with Crippen LogP contribution < -0.4 is 0 Å². The third-order valence-corrected chi connectivity index (χ3v) is 4.45. The monoisotopic (exact) mass is 324 g/mol. The minimum Gasteiger partial charge on any atom is -0.294 e. The van der Waals surface area contributed by atoms with E-state index in [9.17, 15) is 13.6 Å². The Bertz CT molecular complexity index is 898. The van der Waals surface area contributed by atoms with Crippen LogP contribution in [0.1, 0.15) is 34.0 Å². The van der Waals surface area contributed by atoms with Crippen molar-refractivity contribution in [2.24, 2.45) is 0 Å². The number of aromatic nitrogens is 2. The molecule has 0 aliphatic heterocycles. The lowest BCUT2D eigenvalue weighted by molar-refractivity contribution is 0.0963. The molecule has 120 valence electrons. The summed E-state index contributed by atoms with van der Waals surface area (Å²) in [7, 11) is 0. The number of hydrogen-bond donors (Lipinski definition) is 0. The number of Topliss-reactive ketones (excluding diaryl/α,β-unsaturated/α-hetero) is 1. The van der Waals surface area contributed by atoms with Crippen molar-refractivity contribution in [3.05, 3.63) is 83.2 Å². The van der Waals surface area contributed by atoms with Crippen LogP contribution in [0.4, 0.5) is 8.78 Å². The van der Waals surface area contributed by atoms with E-state index >= 15 is 0 Å². The lowest BCUT2D eigenvalue weighted by atomic mass is 9.82. The van der Waals surface area contributed by atoms with Crippen LogP contribution in [0.25, 0.3) is 5.69 Å². The van der Waals surface area contributed by atoms with Crippen molar-refractivity contribution in [2.45, 2.75) is 18.8 Å². The van der Waals surface area contributed by atoms with E-state index in [1.165, 1.54) is 24.3 Å². The van der Waals surface area contributed by atoms with Crippen LogP contribution in [-0.2, 0) is 6.42 Å². The Morgan fingerprint density at radius 1 is 0.917 bits per heavy atom. The molecule has 0 amide bonds. The summed E-state index contributed by atoms with van der Waals surface area (Å²) in [6, 6.07) is 12.3. The molecule has 24 heavy (non-hydrogen) atoms. The number of carbonyl (C=O) groups is 1. The molecule has 1 aliphatic carbocycles. The smallest absolute Gasteiger partial charge is 0.166 e. The van der Waals surface area contributed by atoms with Crippen LogP contribution in [0.2, 0.25) is 0 Å². The highest BCUT2D eigenvalue weighted by Crippen LogP contribution is 2.33. The van der Waals surface area contributed by atoms with Gasteiger partial charge in [-0.15, -0.1) is 0 Å². The maximum atomic E-state index is 13.1. The van der Waals surface area contributed by atoms with Gasteiger partial charge in [0.1, 0.15) is 11.6 Å². The summed E-state index contributed by atoms with van der Waals surface area (Å²) in [5, 5.41) is 4.30. The number of ketones is 1. The summed E-state index contributed by atoms with van der Waals surface area (Å²) in [4.78, 5) is 12.4. The first-order valence-electron chi connectivity index (χ1n) is 7.73. The van der Waals surface area contributed by atoms with Crippen molar-refractivity contribution in [1.29, 1.82) is 0 Å². The van der Waals surface area contributed by atoms with Crippen LogP contribution >= 0.6 is 0 Å². The Balaban J connectivity index is 1.73. The second kappa shape index (κ2) is 5.67. The van der Waals surface area contributed by atoms with Crippen LogP contribution in [0, 0.1) is 11.6 Å². The van der Waals surface area contributed by atoms with Gasteiger partial charge in [-0.2, -0.15) is 5.10 Å². The molecule has 3 nitrogen and oxygen atoms in total. The van der Waals surface area contributed by atoms with Gasteiger partial charge < -0.3 is 0 Å². The summed E-state index contributed by atoms with van der Waals surface area (Å²) < 4.78 is 27.9. The van der Waals surface area contributed by atoms with Crippen LogP contribution in [0.3, 0.4) is 0 Å². The van der Waals surface area contributed by atoms with E-state index in [2.05, 4.69) is 5.10 Å². The van der Waals surface area contributed by atoms with E-state index in [1.54, 1.807) is 35.1 Å². The summed E-state index contributed by atoms with van der Waals surface area (Å²) in [5.41, 5.74) is 3.07. The maximum absolute atomic E-state index is 13.1. The summed E-state index contributed by atoms with van der Waals surface area (Å²) in [5.74, 6) is -0.599. The molecule has 0 unspecified atom stereocenters. The van der Waals surface area contributed by atoms with Crippen LogP contribution in [-0.4, -0.2) is 15.6 Å². The normalized spacial score (nSPS) is 16.9. The number of carbonyl (C=O) groups excluding carboxylic acids is 1. The van der Waals surface area contributed by atoms with Crippen molar-refractivity contribution in [1.82, 2.24) is 9.78 Å². The van der Waals surface area contributed by atoms with Gasteiger partial charge in [-0.1, -0.05) is 12.1 Å². The lowest BCUT2D eigenvalue weighted by Gasteiger charge is -2.23. The summed E-state index contributed by atoms with van der Waals surface area (Å²) >= 11 is 0. The Labute approximate surface area is 137 Å². The molecule has 0 saturated carbocycles. The summed E-state index contributed by atoms with van der Waals surface area (Å²) in [6.07, 6.45) is 2.58. The zero-order valence-electron chi connectivity index (χ0n) is 12.7. The fraction of sp³-hybridized carbons (Fsp3) is 0.158. The Kier molecular flexibility index (Phi) is 3.49. The zero-order chi connectivity index (χ0) is 16.7. The topological polar surface area (TPSA) is 34.9 Å². The number of halogens is 2. The van der Waals surface area contributed by atoms with Gasteiger partial charge in [0.2, 0.25) is 0 Å². The third-order valence-electron chi connectivity index (χ3n) is 4.45. The number of rotatable bonds is 2. The molecular weight excluding hydrogens is 310 g/mol. The van der Waals surface area contributed by atoms with Gasteiger partial charge in [-0.3, -0.25) is 4.79 Å². The van der Waals surface area contributed by atoms with Gasteiger partial charge in [-0.05, 0) is 54.3 Å². The molecule has 1 aromatic heterocycles. The average Bonchev–Trinajstić information content (AvgIpc) is 3.01. The molecule has 0 fully saturated rings. The van der Waals surface area contributed by atoms with Gasteiger partial charge in [0, 0.05) is 6.42 Å². The number of nitrogens with zero attached hydrogens (tertiary/aromatic N) is 2. The first-order chi connectivity index (χ1) is 11.6. The van der Waals surface area contributed by atoms with Crippen molar-refractivity contribution >= 4 is 5.78 Å². The Morgan fingerprint density at radius 3 is 2.21 bits per heavy atom. The molecule has 0 N–H and O–H groups in total. The first-order valence-corrected chi connectivity index (χ1v) is 7.73. The Morgan fingerprint density at radius 2 is 1.54 bits per heavy atom. The van der Waals surface area contributed by atoms with E-state index in [4.69, 9.17) is 0 Å². The maximum Gasteiger partial charge on any atom is 0.166 e. The van der Waals surface area contributed by atoms with E-state index in [0.29, 0.717) is 24.1 Å². The number of hydrogen-bond acceptors (Lipinski definition) is 2. The van der Waals surface area contributed by atoms with Crippen molar-refractivity contribution in [3.63, 3.8) is 0 Å². The quantitative estimate of drug-likeness (QED) is 0.712. The molecule has 0 radical (unpaired) electrons. The third kappa shape index (κ3) is 2.52. The summed E-state index contributed by atoms with van der Waals surface area (Å²) in [6.45, 7) is 0. The number of benzene rings is 2. The first kappa shape index (κ1) is 14.8. The second-order valence-corrected chi connectivity index (χ2v) is 5.97. The number of fused-ring (bicyclic) bond motifs is 1. The van der Waals surface area contributed by atoms with E-state index < -0.39 is 0 Å².